The summed E-state index contributed by atoms with van der Waals surface area (Å²) in [7, 11) is 1.69. The summed E-state index contributed by atoms with van der Waals surface area (Å²) in [6.45, 7) is 4.41. The zero-order valence-corrected chi connectivity index (χ0v) is 16.7. The second-order valence-corrected chi connectivity index (χ2v) is 7.82. The number of nitrogens with one attached hydrogen (secondary N) is 1. The van der Waals surface area contributed by atoms with Gasteiger partial charge in [0.05, 0.1) is 18.3 Å². The fourth-order valence-corrected chi connectivity index (χ4v) is 4.09. The van der Waals surface area contributed by atoms with Crippen molar-refractivity contribution in [3.8, 4) is 11.4 Å². The number of anilines is 1. The van der Waals surface area contributed by atoms with Crippen LogP contribution >= 0.6 is 0 Å². The van der Waals surface area contributed by atoms with Crippen LogP contribution in [-0.2, 0) is 5.54 Å². The lowest BCUT2D eigenvalue weighted by molar-refractivity contribution is 0.255. The van der Waals surface area contributed by atoms with E-state index >= 15 is 0 Å². The van der Waals surface area contributed by atoms with E-state index in [-0.39, 0.29) is 5.54 Å². The molecule has 4 rings (SSSR count). The zero-order valence-electron chi connectivity index (χ0n) is 16.7. The summed E-state index contributed by atoms with van der Waals surface area (Å²) in [6, 6.07) is 16.3. The zero-order chi connectivity index (χ0) is 19.6. The molecule has 0 unspecified atom stereocenters. The van der Waals surface area contributed by atoms with E-state index in [1.165, 1.54) is 0 Å². The highest BCUT2D eigenvalue weighted by atomic mass is 16.5. The van der Waals surface area contributed by atoms with Gasteiger partial charge in [0.2, 0.25) is 0 Å². The average molecular weight is 377 g/mol. The number of methoxy groups -OCH3 is 1. The summed E-state index contributed by atoms with van der Waals surface area (Å²) in [5.41, 5.74) is 2.88. The van der Waals surface area contributed by atoms with Gasteiger partial charge in [-0.2, -0.15) is 4.68 Å². The number of aryl methyl sites for hydroxylation is 1. The standard InChI is InChI=1S/C22H27N5O/c1-16-11-13-22(14-12-16,23-18-8-6-9-19(15-18)28-3)21-24-25-26-27(21)20-10-5-4-7-17(20)2/h4-10,15-16,23H,11-14H2,1-3H3. The topological polar surface area (TPSA) is 64.9 Å². The van der Waals surface area contributed by atoms with Crippen LogP contribution in [0.25, 0.3) is 5.69 Å². The highest BCUT2D eigenvalue weighted by Gasteiger charge is 2.41. The molecule has 1 aromatic heterocycles. The molecule has 0 amide bonds. The molecule has 2 aromatic carbocycles. The third-order valence-corrected chi connectivity index (χ3v) is 5.82. The molecule has 1 saturated carbocycles. The molecule has 0 bridgehead atoms. The van der Waals surface area contributed by atoms with Crippen molar-refractivity contribution < 1.29 is 4.74 Å². The minimum Gasteiger partial charge on any atom is -0.497 e. The van der Waals surface area contributed by atoms with Gasteiger partial charge < -0.3 is 10.1 Å². The first-order valence-corrected chi connectivity index (χ1v) is 9.88. The first-order chi connectivity index (χ1) is 13.6. The quantitative estimate of drug-likeness (QED) is 0.709. The van der Waals surface area contributed by atoms with Crippen LogP contribution in [0.4, 0.5) is 5.69 Å². The van der Waals surface area contributed by atoms with Crippen LogP contribution in [0.3, 0.4) is 0 Å². The molecule has 1 fully saturated rings. The predicted octanol–water partition coefficient (Wildman–Crippen LogP) is 4.50. The van der Waals surface area contributed by atoms with Crippen LogP contribution in [0.1, 0.15) is 44.0 Å². The van der Waals surface area contributed by atoms with Crippen molar-refractivity contribution >= 4 is 5.69 Å². The Morgan fingerprint density at radius 1 is 1.11 bits per heavy atom. The van der Waals surface area contributed by atoms with E-state index in [1.54, 1.807) is 7.11 Å². The number of aromatic nitrogens is 4. The lowest BCUT2D eigenvalue weighted by atomic mass is 9.76. The smallest absolute Gasteiger partial charge is 0.181 e. The van der Waals surface area contributed by atoms with Crippen molar-refractivity contribution in [2.75, 3.05) is 12.4 Å². The van der Waals surface area contributed by atoms with Crippen LogP contribution in [0.5, 0.6) is 5.75 Å². The number of para-hydroxylation sites is 1. The minimum atomic E-state index is -0.315. The average Bonchev–Trinajstić information content (AvgIpc) is 3.21. The molecule has 0 saturated heterocycles. The molecule has 3 aromatic rings. The highest BCUT2D eigenvalue weighted by molar-refractivity contribution is 5.51. The highest BCUT2D eigenvalue weighted by Crippen LogP contribution is 2.42. The van der Waals surface area contributed by atoms with E-state index in [4.69, 9.17) is 4.74 Å². The first-order valence-electron chi connectivity index (χ1n) is 9.88. The van der Waals surface area contributed by atoms with Gasteiger partial charge in [0.15, 0.2) is 5.82 Å². The third-order valence-electron chi connectivity index (χ3n) is 5.82. The maximum absolute atomic E-state index is 5.41. The van der Waals surface area contributed by atoms with Gasteiger partial charge in [-0.05, 0) is 72.7 Å². The molecule has 6 heteroatoms. The number of ether oxygens (including phenoxy) is 1. The third kappa shape index (κ3) is 3.46. The molecule has 6 nitrogen and oxygen atoms in total. The van der Waals surface area contributed by atoms with Crippen molar-refractivity contribution in [2.45, 2.75) is 45.1 Å². The largest absolute Gasteiger partial charge is 0.497 e. The summed E-state index contributed by atoms with van der Waals surface area (Å²) in [4.78, 5) is 0. The summed E-state index contributed by atoms with van der Waals surface area (Å²) < 4.78 is 7.31. The van der Waals surface area contributed by atoms with Crippen molar-refractivity contribution in [1.29, 1.82) is 0 Å². The fourth-order valence-electron chi connectivity index (χ4n) is 4.09. The number of rotatable bonds is 5. The molecule has 1 heterocycles. The Kier molecular flexibility index (Phi) is 5.03. The normalized spacial score (nSPS) is 22.0. The Bertz CT molecular complexity index is 943. The monoisotopic (exact) mass is 377 g/mol. The van der Waals surface area contributed by atoms with Crippen LogP contribution in [0.2, 0.25) is 0 Å². The Morgan fingerprint density at radius 3 is 2.64 bits per heavy atom. The Balaban J connectivity index is 1.78. The number of hydrogen-bond acceptors (Lipinski definition) is 5. The Morgan fingerprint density at radius 2 is 1.89 bits per heavy atom. The van der Waals surface area contributed by atoms with Gasteiger partial charge in [0, 0.05) is 11.8 Å². The van der Waals surface area contributed by atoms with E-state index in [1.807, 2.05) is 35.0 Å². The van der Waals surface area contributed by atoms with Gasteiger partial charge in [-0.15, -0.1) is 5.10 Å². The van der Waals surface area contributed by atoms with E-state index < -0.39 is 0 Å². The van der Waals surface area contributed by atoms with Crippen molar-refractivity contribution in [2.24, 2.45) is 5.92 Å². The maximum Gasteiger partial charge on any atom is 0.181 e. The van der Waals surface area contributed by atoms with Gasteiger partial charge >= 0.3 is 0 Å². The Labute approximate surface area is 165 Å². The maximum atomic E-state index is 5.41. The van der Waals surface area contributed by atoms with Gasteiger partial charge in [0.25, 0.3) is 0 Å². The number of benzene rings is 2. The molecule has 1 N–H and O–H groups in total. The van der Waals surface area contributed by atoms with Crippen molar-refractivity contribution in [3.05, 3.63) is 59.9 Å². The number of tetrazole rings is 1. The van der Waals surface area contributed by atoms with Crippen LogP contribution < -0.4 is 10.1 Å². The molecule has 0 aliphatic heterocycles. The van der Waals surface area contributed by atoms with Crippen molar-refractivity contribution in [3.63, 3.8) is 0 Å². The van der Waals surface area contributed by atoms with E-state index in [2.05, 4.69) is 52.9 Å². The summed E-state index contributed by atoms with van der Waals surface area (Å²) >= 11 is 0. The predicted molar refractivity (Wildman–Crippen MR) is 110 cm³/mol. The molecule has 1 aliphatic rings. The first kappa shape index (κ1) is 18.5. The summed E-state index contributed by atoms with van der Waals surface area (Å²) in [5, 5.41) is 16.7. The van der Waals surface area contributed by atoms with E-state index in [9.17, 15) is 0 Å². The van der Waals surface area contributed by atoms with Crippen LogP contribution in [-0.4, -0.2) is 27.3 Å². The molecule has 28 heavy (non-hydrogen) atoms. The van der Waals surface area contributed by atoms with Gasteiger partial charge in [0.1, 0.15) is 5.75 Å². The lowest BCUT2D eigenvalue weighted by Gasteiger charge is -2.39. The minimum absolute atomic E-state index is 0.315. The molecule has 0 spiro atoms. The molecule has 0 atom stereocenters. The second-order valence-electron chi connectivity index (χ2n) is 7.82. The van der Waals surface area contributed by atoms with Crippen LogP contribution in [0, 0.1) is 12.8 Å². The number of nitrogens with zero attached hydrogens (tertiary/aromatic N) is 4. The van der Waals surface area contributed by atoms with E-state index in [0.717, 1.165) is 54.2 Å². The molecular weight excluding hydrogens is 350 g/mol. The summed E-state index contributed by atoms with van der Waals surface area (Å²) in [5.74, 6) is 2.42. The van der Waals surface area contributed by atoms with E-state index in [0.29, 0.717) is 5.92 Å². The van der Waals surface area contributed by atoms with Crippen molar-refractivity contribution in [1.82, 2.24) is 20.2 Å². The Hall–Kier alpha value is -2.89. The van der Waals surface area contributed by atoms with Gasteiger partial charge in [-0.1, -0.05) is 31.2 Å². The second kappa shape index (κ2) is 7.62. The SMILES string of the molecule is COc1cccc(NC2(c3nnnn3-c3ccccc3C)CCC(C)CC2)c1. The lowest BCUT2D eigenvalue weighted by Crippen LogP contribution is -2.41. The number of hydrogen-bond donors (Lipinski definition) is 1. The van der Waals surface area contributed by atoms with Gasteiger partial charge in [-0.3, -0.25) is 0 Å². The molecule has 0 radical (unpaired) electrons. The molecule has 146 valence electrons. The molecule has 1 aliphatic carbocycles. The van der Waals surface area contributed by atoms with Gasteiger partial charge in [-0.25, -0.2) is 0 Å². The summed E-state index contributed by atoms with van der Waals surface area (Å²) in [6.07, 6.45) is 4.24. The fraction of sp³-hybridized carbons (Fsp3) is 0.409. The van der Waals surface area contributed by atoms with Crippen LogP contribution in [0.15, 0.2) is 48.5 Å². The molecular formula is C22H27N5O.